The predicted molar refractivity (Wildman–Crippen MR) is 115 cm³/mol. The molecule has 1 N–H and O–H groups in total. The van der Waals surface area contributed by atoms with E-state index < -0.39 is 15.9 Å². The number of benzene rings is 2. The molecular formula is C20H20Cl2N2O4S. The van der Waals surface area contributed by atoms with Crippen LogP contribution in [0.4, 0.5) is 11.4 Å². The van der Waals surface area contributed by atoms with Gasteiger partial charge in [0.15, 0.2) is 0 Å². The van der Waals surface area contributed by atoms with E-state index in [0.29, 0.717) is 35.1 Å². The van der Waals surface area contributed by atoms with Crippen molar-refractivity contribution in [3.8, 4) is 5.75 Å². The molecule has 29 heavy (non-hydrogen) atoms. The van der Waals surface area contributed by atoms with E-state index in [0.717, 1.165) is 19.3 Å². The second-order valence-corrected chi connectivity index (χ2v) is 10.1. The first-order valence-corrected chi connectivity index (χ1v) is 11.8. The van der Waals surface area contributed by atoms with Gasteiger partial charge >= 0.3 is 0 Å². The van der Waals surface area contributed by atoms with Crippen LogP contribution in [0.3, 0.4) is 0 Å². The predicted octanol–water partition coefficient (Wildman–Crippen LogP) is 4.72. The molecular weight excluding hydrogens is 435 g/mol. The number of sulfonamides is 1. The van der Waals surface area contributed by atoms with Crippen molar-refractivity contribution >= 4 is 50.5 Å². The monoisotopic (exact) mass is 454 g/mol. The van der Waals surface area contributed by atoms with Gasteiger partial charge in [0, 0.05) is 23.3 Å². The molecule has 2 aromatic rings. The third-order valence-corrected chi connectivity index (χ3v) is 7.48. The van der Waals surface area contributed by atoms with Gasteiger partial charge in [0.2, 0.25) is 10.0 Å². The van der Waals surface area contributed by atoms with E-state index in [4.69, 9.17) is 27.9 Å². The summed E-state index contributed by atoms with van der Waals surface area (Å²) in [6.45, 7) is 0.390. The van der Waals surface area contributed by atoms with Crippen molar-refractivity contribution in [1.29, 1.82) is 0 Å². The zero-order chi connectivity index (χ0) is 20.6. The Morgan fingerprint density at radius 1 is 1.10 bits per heavy atom. The maximum Gasteiger partial charge on any atom is 0.257 e. The van der Waals surface area contributed by atoms with Crippen LogP contribution < -0.4 is 14.4 Å². The fraction of sp³-hybridized carbons (Fsp3) is 0.350. The first-order chi connectivity index (χ1) is 13.8. The maximum absolute atomic E-state index is 12.8. The lowest BCUT2D eigenvalue weighted by atomic mass is 9.96. The highest BCUT2D eigenvalue weighted by Crippen LogP contribution is 2.31. The molecule has 0 aromatic heterocycles. The van der Waals surface area contributed by atoms with Crippen LogP contribution in [0.25, 0.3) is 0 Å². The molecule has 0 atom stereocenters. The van der Waals surface area contributed by atoms with Gasteiger partial charge in [-0.1, -0.05) is 23.2 Å². The second kappa shape index (κ2) is 8.05. The van der Waals surface area contributed by atoms with Gasteiger partial charge in [-0.2, -0.15) is 0 Å². The number of amides is 1. The van der Waals surface area contributed by atoms with Crippen molar-refractivity contribution in [2.45, 2.75) is 31.8 Å². The molecule has 154 valence electrons. The highest BCUT2D eigenvalue weighted by molar-refractivity contribution is 7.93. The third-order valence-electron chi connectivity index (χ3n) is 5.07. The quantitative estimate of drug-likeness (QED) is 0.708. The van der Waals surface area contributed by atoms with E-state index in [1.165, 1.54) is 16.4 Å². The minimum absolute atomic E-state index is 0.101. The Balaban J connectivity index is 1.56. The van der Waals surface area contributed by atoms with E-state index in [-0.39, 0.29) is 22.4 Å². The Bertz CT molecular complexity index is 1050. The third kappa shape index (κ3) is 4.47. The molecule has 2 aromatic carbocycles. The van der Waals surface area contributed by atoms with Crippen LogP contribution in [0.15, 0.2) is 36.4 Å². The Morgan fingerprint density at radius 3 is 2.55 bits per heavy atom. The molecule has 0 unspecified atom stereocenters. The van der Waals surface area contributed by atoms with Gasteiger partial charge in [-0.25, -0.2) is 8.42 Å². The molecule has 2 aliphatic rings. The van der Waals surface area contributed by atoms with Crippen LogP contribution in [0.2, 0.25) is 10.0 Å². The summed E-state index contributed by atoms with van der Waals surface area (Å²) in [5, 5.41) is 3.45. The molecule has 1 amide bonds. The molecule has 1 aliphatic heterocycles. The summed E-state index contributed by atoms with van der Waals surface area (Å²) in [7, 11) is -3.35. The average Bonchev–Trinajstić information content (AvgIpc) is 2.97. The fourth-order valence-electron chi connectivity index (χ4n) is 3.35. The summed E-state index contributed by atoms with van der Waals surface area (Å²) >= 11 is 12.4. The minimum Gasteiger partial charge on any atom is -0.490 e. The molecule has 1 heterocycles. The Labute approximate surface area is 179 Å². The van der Waals surface area contributed by atoms with Crippen LogP contribution in [-0.2, 0) is 10.0 Å². The van der Waals surface area contributed by atoms with E-state index >= 15 is 0 Å². The van der Waals surface area contributed by atoms with Crippen molar-refractivity contribution in [3.63, 3.8) is 0 Å². The topological polar surface area (TPSA) is 75.7 Å². The smallest absolute Gasteiger partial charge is 0.257 e. The first-order valence-electron chi connectivity index (χ1n) is 9.40. The number of hydrogen-bond acceptors (Lipinski definition) is 4. The summed E-state index contributed by atoms with van der Waals surface area (Å²) in [5.74, 6) is 0.245. The molecule has 0 spiro atoms. The van der Waals surface area contributed by atoms with Gasteiger partial charge in [-0.05, 0) is 56.0 Å². The van der Waals surface area contributed by atoms with Gasteiger partial charge in [0.05, 0.1) is 28.1 Å². The number of rotatable bonds is 5. The zero-order valence-corrected chi connectivity index (χ0v) is 17.9. The van der Waals surface area contributed by atoms with Gasteiger partial charge in [0.25, 0.3) is 5.91 Å². The summed E-state index contributed by atoms with van der Waals surface area (Å²) in [6.07, 6.45) is 3.91. The molecule has 0 bridgehead atoms. The Morgan fingerprint density at radius 2 is 1.90 bits per heavy atom. The van der Waals surface area contributed by atoms with E-state index in [2.05, 4.69) is 5.32 Å². The molecule has 0 radical (unpaired) electrons. The van der Waals surface area contributed by atoms with Crippen molar-refractivity contribution in [2.75, 3.05) is 21.9 Å². The average molecular weight is 455 g/mol. The number of halogens is 2. The fourth-order valence-corrected chi connectivity index (χ4v) is 5.34. The molecule has 1 saturated heterocycles. The van der Waals surface area contributed by atoms with E-state index in [1.54, 1.807) is 24.3 Å². The van der Waals surface area contributed by atoms with Crippen LogP contribution >= 0.6 is 23.2 Å². The van der Waals surface area contributed by atoms with Crippen molar-refractivity contribution in [1.82, 2.24) is 0 Å². The molecule has 1 saturated carbocycles. The SMILES string of the molecule is O=C(Nc1cc(Cl)cc(OC2CCC2)c1)c1cc(N2CCCS2(=O)=O)ccc1Cl. The lowest BCUT2D eigenvalue weighted by molar-refractivity contribution is 0.102. The van der Waals surface area contributed by atoms with Gasteiger partial charge < -0.3 is 10.1 Å². The molecule has 6 nitrogen and oxygen atoms in total. The number of nitrogens with one attached hydrogen (secondary N) is 1. The van der Waals surface area contributed by atoms with E-state index in [9.17, 15) is 13.2 Å². The summed E-state index contributed by atoms with van der Waals surface area (Å²) in [4.78, 5) is 12.8. The van der Waals surface area contributed by atoms with Crippen LogP contribution in [0.5, 0.6) is 5.75 Å². The van der Waals surface area contributed by atoms with Crippen molar-refractivity contribution < 1.29 is 17.9 Å². The van der Waals surface area contributed by atoms with Crippen molar-refractivity contribution in [3.05, 3.63) is 52.0 Å². The van der Waals surface area contributed by atoms with Crippen LogP contribution in [-0.4, -0.2) is 32.7 Å². The van der Waals surface area contributed by atoms with Crippen molar-refractivity contribution in [2.24, 2.45) is 0 Å². The Kier molecular flexibility index (Phi) is 5.64. The number of ether oxygens (including phenoxy) is 1. The molecule has 9 heteroatoms. The summed E-state index contributed by atoms with van der Waals surface area (Å²) in [5.41, 5.74) is 1.09. The summed E-state index contributed by atoms with van der Waals surface area (Å²) < 4.78 is 31.5. The summed E-state index contributed by atoms with van der Waals surface area (Å²) in [6, 6.07) is 9.67. The number of carbonyl (C=O) groups is 1. The second-order valence-electron chi connectivity index (χ2n) is 7.21. The highest BCUT2D eigenvalue weighted by atomic mass is 35.5. The molecule has 1 aliphatic carbocycles. The van der Waals surface area contributed by atoms with Gasteiger partial charge in [-0.15, -0.1) is 0 Å². The standard InChI is InChI=1S/C20H20Cl2N2O4S/c21-13-9-14(11-17(10-13)28-16-3-1-4-16)23-20(25)18-12-15(5-6-19(18)22)24-7-2-8-29(24,26)27/h5-6,9-12,16H,1-4,7-8H2,(H,23,25). The van der Waals surface area contributed by atoms with Gasteiger partial charge in [-0.3, -0.25) is 9.10 Å². The van der Waals surface area contributed by atoms with Crippen LogP contribution in [0.1, 0.15) is 36.0 Å². The normalized spacial score (nSPS) is 18.3. The lowest BCUT2D eigenvalue weighted by Crippen LogP contribution is -2.25. The largest absolute Gasteiger partial charge is 0.490 e. The number of nitrogens with zero attached hydrogens (tertiary/aromatic N) is 1. The van der Waals surface area contributed by atoms with Crippen LogP contribution in [0, 0.1) is 0 Å². The highest BCUT2D eigenvalue weighted by Gasteiger charge is 2.29. The maximum atomic E-state index is 12.8. The molecule has 4 rings (SSSR count). The number of anilines is 2. The zero-order valence-electron chi connectivity index (χ0n) is 15.5. The number of carbonyl (C=O) groups excluding carboxylic acids is 1. The lowest BCUT2D eigenvalue weighted by Gasteiger charge is -2.26. The number of hydrogen-bond donors (Lipinski definition) is 1. The van der Waals surface area contributed by atoms with E-state index in [1.807, 2.05) is 0 Å². The molecule has 2 fully saturated rings. The first kappa shape index (κ1) is 20.3. The Hall–Kier alpha value is -1.96. The minimum atomic E-state index is -3.35. The van der Waals surface area contributed by atoms with Gasteiger partial charge in [0.1, 0.15) is 5.75 Å².